The average molecular weight is 337 g/mol. The van der Waals surface area contributed by atoms with E-state index in [9.17, 15) is 14.4 Å². The molecule has 0 amide bonds. The molecule has 1 aliphatic heterocycles. The number of carbonyl (C=O) groups excluding carboxylic acids is 1. The van der Waals surface area contributed by atoms with E-state index in [1.54, 1.807) is 18.2 Å². The zero-order valence-corrected chi connectivity index (χ0v) is 14.3. The van der Waals surface area contributed by atoms with Gasteiger partial charge in [0.2, 0.25) is 0 Å². The van der Waals surface area contributed by atoms with Crippen LogP contribution in [0.1, 0.15) is 30.5 Å². The third kappa shape index (κ3) is 3.06. The van der Waals surface area contributed by atoms with E-state index in [4.69, 9.17) is 0 Å². The van der Waals surface area contributed by atoms with Crippen LogP contribution in [0.2, 0.25) is 0 Å². The Hall–Kier alpha value is -2.56. The van der Waals surface area contributed by atoms with Crippen LogP contribution in [0.4, 0.5) is 4.39 Å². The number of quaternary nitrogens is 1. The third-order valence-corrected chi connectivity index (χ3v) is 4.66. The van der Waals surface area contributed by atoms with Crippen molar-refractivity contribution in [1.29, 1.82) is 0 Å². The van der Waals surface area contributed by atoms with Gasteiger partial charge in [-0.05, 0) is 43.2 Å². The molecule has 0 fully saturated rings. The predicted molar refractivity (Wildman–Crippen MR) is 96.5 cm³/mol. The van der Waals surface area contributed by atoms with E-state index in [0.717, 1.165) is 22.3 Å². The summed E-state index contributed by atoms with van der Waals surface area (Å²) in [6, 6.07) is 13.6. The summed E-state index contributed by atoms with van der Waals surface area (Å²) in [5.74, 6) is -0.329. The van der Waals surface area contributed by atoms with Crippen LogP contribution in [0.25, 0.3) is 5.57 Å². The average Bonchev–Trinajstić information content (AvgIpc) is 2.60. The van der Waals surface area contributed by atoms with E-state index in [0.29, 0.717) is 18.5 Å². The van der Waals surface area contributed by atoms with E-state index < -0.39 is 4.65 Å². The second kappa shape index (κ2) is 6.75. The van der Waals surface area contributed by atoms with Crippen LogP contribution in [0.3, 0.4) is 0 Å². The van der Waals surface area contributed by atoms with Gasteiger partial charge in [-0.15, -0.1) is 0 Å². The van der Waals surface area contributed by atoms with Gasteiger partial charge in [-0.2, -0.15) is 0 Å². The standard InChI is InChI=1S/C21H20FNO2/c1-15(2)23(25)14-17-6-3-4-7-19(17)21(20(23)8-5-13-24)16-9-11-18(22)12-10-16/h3-13,15H,14H2,1-2H3. The van der Waals surface area contributed by atoms with Gasteiger partial charge in [-0.1, -0.05) is 36.4 Å². The lowest BCUT2D eigenvalue weighted by molar-refractivity contribution is -0.875. The molecule has 4 heteroatoms. The first-order valence-corrected chi connectivity index (χ1v) is 8.27. The van der Waals surface area contributed by atoms with Gasteiger partial charge in [-0.3, -0.25) is 4.79 Å². The van der Waals surface area contributed by atoms with Crippen molar-refractivity contribution in [3.8, 4) is 0 Å². The molecule has 0 bridgehead atoms. The summed E-state index contributed by atoms with van der Waals surface area (Å²) in [6.07, 6.45) is 3.61. The quantitative estimate of drug-likeness (QED) is 0.355. The minimum atomic E-state index is -0.561. The summed E-state index contributed by atoms with van der Waals surface area (Å²) < 4.78 is 12.8. The maximum atomic E-state index is 13.7. The molecule has 3 rings (SSSR count). The highest BCUT2D eigenvalue weighted by atomic mass is 19.1. The Balaban J connectivity index is 2.36. The number of nitrogens with zero attached hydrogens (tertiary/aromatic N) is 1. The van der Waals surface area contributed by atoms with Crippen molar-refractivity contribution in [2.75, 3.05) is 0 Å². The number of benzene rings is 2. The molecule has 0 radical (unpaired) electrons. The second-order valence-electron chi connectivity index (χ2n) is 6.47. The maximum Gasteiger partial charge on any atom is 0.143 e. The Morgan fingerprint density at radius 1 is 1.12 bits per heavy atom. The number of carbonyl (C=O) groups is 1. The molecule has 0 saturated carbocycles. The second-order valence-corrected chi connectivity index (χ2v) is 6.47. The molecule has 0 aromatic heterocycles. The predicted octanol–water partition coefficient (Wildman–Crippen LogP) is 4.58. The van der Waals surface area contributed by atoms with E-state index >= 15 is 0 Å². The molecule has 1 atom stereocenters. The van der Waals surface area contributed by atoms with Crippen molar-refractivity contribution < 1.29 is 13.8 Å². The molecular weight excluding hydrogens is 317 g/mol. The van der Waals surface area contributed by atoms with Crippen molar-refractivity contribution in [3.05, 3.63) is 94.1 Å². The number of hydroxylamine groups is 3. The summed E-state index contributed by atoms with van der Waals surface area (Å²) >= 11 is 0. The molecule has 0 N–H and O–H groups in total. The first-order valence-electron chi connectivity index (χ1n) is 8.27. The fraction of sp³-hybridized carbons (Fsp3) is 0.190. The van der Waals surface area contributed by atoms with Crippen molar-refractivity contribution in [2.45, 2.75) is 26.4 Å². The van der Waals surface area contributed by atoms with Crippen molar-refractivity contribution in [2.24, 2.45) is 0 Å². The van der Waals surface area contributed by atoms with Crippen LogP contribution in [0.5, 0.6) is 0 Å². The molecule has 1 heterocycles. The minimum Gasteiger partial charge on any atom is -0.627 e. The SMILES string of the molecule is CC(C)[N+]1([O-])Cc2ccccc2C(c2ccc(F)cc2)=C1C=CC=O. The van der Waals surface area contributed by atoms with E-state index in [1.807, 2.05) is 38.1 Å². The lowest BCUT2D eigenvalue weighted by atomic mass is 9.87. The van der Waals surface area contributed by atoms with Gasteiger partial charge in [0, 0.05) is 11.6 Å². The maximum absolute atomic E-state index is 13.7. The number of hydrogen-bond donors (Lipinski definition) is 0. The van der Waals surface area contributed by atoms with E-state index in [2.05, 4.69) is 0 Å². The topological polar surface area (TPSA) is 40.1 Å². The fourth-order valence-electron chi connectivity index (χ4n) is 3.29. The van der Waals surface area contributed by atoms with Gasteiger partial charge in [0.25, 0.3) is 0 Å². The number of aldehydes is 1. The van der Waals surface area contributed by atoms with Gasteiger partial charge in [0.05, 0.1) is 11.6 Å². The number of fused-ring (bicyclic) bond motifs is 1. The lowest BCUT2D eigenvalue weighted by Crippen LogP contribution is -2.48. The number of halogens is 1. The van der Waals surface area contributed by atoms with Crippen molar-refractivity contribution in [1.82, 2.24) is 0 Å². The van der Waals surface area contributed by atoms with Crippen molar-refractivity contribution >= 4 is 11.9 Å². The number of hydrogen-bond acceptors (Lipinski definition) is 2. The molecule has 0 spiro atoms. The highest BCUT2D eigenvalue weighted by Gasteiger charge is 2.35. The van der Waals surface area contributed by atoms with Crippen LogP contribution in [-0.4, -0.2) is 17.0 Å². The zero-order chi connectivity index (χ0) is 18.0. The molecule has 25 heavy (non-hydrogen) atoms. The number of allylic oxidation sites excluding steroid dienone is 2. The highest BCUT2D eigenvalue weighted by Crippen LogP contribution is 2.42. The molecule has 0 saturated heterocycles. The van der Waals surface area contributed by atoms with Gasteiger partial charge in [0.1, 0.15) is 24.3 Å². The van der Waals surface area contributed by atoms with Crippen molar-refractivity contribution in [3.63, 3.8) is 0 Å². The Bertz CT molecular complexity index is 852. The third-order valence-electron chi connectivity index (χ3n) is 4.66. The Labute approximate surface area is 146 Å². The van der Waals surface area contributed by atoms with Crippen LogP contribution in [-0.2, 0) is 11.3 Å². The fourth-order valence-corrected chi connectivity index (χ4v) is 3.29. The minimum absolute atomic E-state index is 0.227. The molecule has 3 nitrogen and oxygen atoms in total. The molecule has 0 aliphatic carbocycles. The van der Waals surface area contributed by atoms with E-state index in [1.165, 1.54) is 18.2 Å². The van der Waals surface area contributed by atoms with Crippen LogP contribution < -0.4 is 0 Å². The van der Waals surface area contributed by atoms with Crippen LogP contribution >= 0.6 is 0 Å². The first kappa shape index (κ1) is 17.3. The normalized spacial score (nSPS) is 20.2. The monoisotopic (exact) mass is 337 g/mol. The summed E-state index contributed by atoms with van der Waals surface area (Å²) in [5.41, 5.74) is 3.94. The van der Waals surface area contributed by atoms with Gasteiger partial charge >= 0.3 is 0 Å². The van der Waals surface area contributed by atoms with Gasteiger partial charge in [0.15, 0.2) is 0 Å². The van der Waals surface area contributed by atoms with Crippen LogP contribution in [0, 0.1) is 11.0 Å². The van der Waals surface area contributed by atoms with Gasteiger partial charge < -0.3 is 9.85 Å². The molecule has 128 valence electrons. The number of rotatable bonds is 4. The molecule has 1 unspecified atom stereocenters. The Morgan fingerprint density at radius 2 is 1.80 bits per heavy atom. The Kier molecular flexibility index (Phi) is 4.66. The van der Waals surface area contributed by atoms with E-state index in [-0.39, 0.29) is 11.9 Å². The smallest absolute Gasteiger partial charge is 0.143 e. The highest BCUT2D eigenvalue weighted by molar-refractivity contribution is 5.85. The molecular formula is C21H20FNO2. The first-order chi connectivity index (χ1) is 12.0. The summed E-state index contributed by atoms with van der Waals surface area (Å²) in [5, 5.41) is 13.7. The zero-order valence-electron chi connectivity index (χ0n) is 14.3. The summed E-state index contributed by atoms with van der Waals surface area (Å²) in [4.78, 5) is 10.9. The van der Waals surface area contributed by atoms with Crippen LogP contribution in [0.15, 0.2) is 66.4 Å². The summed E-state index contributed by atoms with van der Waals surface area (Å²) in [7, 11) is 0. The van der Waals surface area contributed by atoms with Gasteiger partial charge in [-0.25, -0.2) is 4.39 Å². The summed E-state index contributed by atoms with van der Waals surface area (Å²) in [6.45, 7) is 4.05. The Morgan fingerprint density at radius 3 is 2.44 bits per heavy atom. The molecule has 2 aromatic rings. The molecule has 2 aromatic carbocycles. The lowest BCUT2D eigenvalue weighted by Gasteiger charge is -2.50. The molecule has 1 aliphatic rings. The largest absolute Gasteiger partial charge is 0.627 e.